The molecule has 2 heterocycles. The predicted octanol–water partition coefficient (Wildman–Crippen LogP) is 1.35. The van der Waals surface area contributed by atoms with Crippen LogP contribution >= 0.6 is 11.6 Å². The third-order valence-corrected chi connectivity index (χ3v) is 5.49. The standard InChI is InChI=1S/C17H20ClN5O3S/c18-14-11-21-17(23-9-1-2-10-23)22-15(14)16(24)20-8-7-12-3-5-13(6-4-12)27(19,25)26/h3-6,11H,1-2,7-10H2,(H,20,24)(H2,19,25,26). The van der Waals surface area contributed by atoms with Gasteiger partial charge in [0.15, 0.2) is 5.69 Å². The largest absolute Gasteiger partial charge is 0.350 e. The van der Waals surface area contributed by atoms with E-state index in [1.54, 1.807) is 12.1 Å². The van der Waals surface area contributed by atoms with Crippen LogP contribution in [0.3, 0.4) is 0 Å². The number of nitrogens with zero attached hydrogens (tertiary/aromatic N) is 3. The van der Waals surface area contributed by atoms with E-state index >= 15 is 0 Å². The molecule has 27 heavy (non-hydrogen) atoms. The molecule has 1 aromatic carbocycles. The molecule has 0 atom stereocenters. The number of halogens is 1. The number of benzene rings is 1. The summed E-state index contributed by atoms with van der Waals surface area (Å²) < 4.78 is 22.5. The summed E-state index contributed by atoms with van der Waals surface area (Å²) in [5.41, 5.74) is 1.02. The van der Waals surface area contributed by atoms with Gasteiger partial charge in [0.2, 0.25) is 16.0 Å². The first-order valence-electron chi connectivity index (χ1n) is 8.52. The number of sulfonamides is 1. The van der Waals surface area contributed by atoms with E-state index in [0.717, 1.165) is 31.5 Å². The Morgan fingerprint density at radius 2 is 1.89 bits per heavy atom. The van der Waals surface area contributed by atoms with Crippen molar-refractivity contribution in [1.29, 1.82) is 0 Å². The van der Waals surface area contributed by atoms with Crippen molar-refractivity contribution >= 4 is 33.5 Å². The molecule has 144 valence electrons. The zero-order valence-corrected chi connectivity index (χ0v) is 16.1. The van der Waals surface area contributed by atoms with Crippen molar-refractivity contribution in [1.82, 2.24) is 15.3 Å². The summed E-state index contributed by atoms with van der Waals surface area (Å²) in [7, 11) is -3.71. The van der Waals surface area contributed by atoms with E-state index in [9.17, 15) is 13.2 Å². The minimum atomic E-state index is -3.71. The first kappa shape index (κ1) is 19.5. The average Bonchev–Trinajstić information content (AvgIpc) is 3.16. The number of carbonyl (C=O) groups excluding carboxylic acids is 1. The van der Waals surface area contributed by atoms with Crippen LogP contribution < -0.4 is 15.4 Å². The molecule has 0 aliphatic carbocycles. The van der Waals surface area contributed by atoms with Gasteiger partial charge in [-0.3, -0.25) is 4.79 Å². The van der Waals surface area contributed by atoms with Gasteiger partial charge in [-0.05, 0) is 37.0 Å². The van der Waals surface area contributed by atoms with Gasteiger partial charge in [0, 0.05) is 19.6 Å². The van der Waals surface area contributed by atoms with Crippen LogP contribution in [0.4, 0.5) is 5.95 Å². The van der Waals surface area contributed by atoms with Gasteiger partial charge < -0.3 is 10.2 Å². The lowest BCUT2D eigenvalue weighted by Crippen LogP contribution is -2.28. The minimum absolute atomic E-state index is 0.0532. The van der Waals surface area contributed by atoms with Crippen molar-refractivity contribution in [2.75, 3.05) is 24.5 Å². The van der Waals surface area contributed by atoms with E-state index in [0.29, 0.717) is 18.9 Å². The fourth-order valence-corrected chi connectivity index (χ4v) is 3.53. The predicted molar refractivity (Wildman–Crippen MR) is 102 cm³/mol. The number of nitrogens with two attached hydrogens (primary N) is 1. The molecule has 1 amide bonds. The highest BCUT2D eigenvalue weighted by atomic mass is 35.5. The number of hydrogen-bond acceptors (Lipinski definition) is 6. The second kappa shape index (κ2) is 8.20. The molecule has 10 heteroatoms. The monoisotopic (exact) mass is 409 g/mol. The number of amides is 1. The Morgan fingerprint density at radius 3 is 2.52 bits per heavy atom. The van der Waals surface area contributed by atoms with Gasteiger partial charge in [-0.15, -0.1) is 0 Å². The van der Waals surface area contributed by atoms with Crippen molar-refractivity contribution in [3.63, 3.8) is 0 Å². The molecule has 0 unspecified atom stereocenters. The smallest absolute Gasteiger partial charge is 0.271 e. The van der Waals surface area contributed by atoms with Crippen LogP contribution in [0.25, 0.3) is 0 Å². The summed E-state index contributed by atoms with van der Waals surface area (Å²) in [6.45, 7) is 2.10. The fourth-order valence-electron chi connectivity index (χ4n) is 2.84. The lowest BCUT2D eigenvalue weighted by atomic mass is 10.1. The average molecular weight is 410 g/mol. The van der Waals surface area contributed by atoms with Crippen LogP contribution in [-0.4, -0.2) is 43.9 Å². The van der Waals surface area contributed by atoms with E-state index in [-0.39, 0.29) is 21.5 Å². The first-order valence-corrected chi connectivity index (χ1v) is 10.4. The Bertz CT molecular complexity index is 928. The van der Waals surface area contributed by atoms with Crippen LogP contribution in [0.1, 0.15) is 28.9 Å². The zero-order valence-electron chi connectivity index (χ0n) is 14.6. The van der Waals surface area contributed by atoms with Gasteiger partial charge in [0.1, 0.15) is 0 Å². The van der Waals surface area contributed by atoms with Crippen molar-refractivity contribution in [2.45, 2.75) is 24.2 Å². The Morgan fingerprint density at radius 1 is 1.22 bits per heavy atom. The maximum Gasteiger partial charge on any atom is 0.271 e. The normalized spacial score (nSPS) is 14.4. The SMILES string of the molecule is NS(=O)(=O)c1ccc(CCNC(=O)c2nc(N3CCCC3)ncc2Cl)cc1. The molecule has 0 radical (unpaired) electrons. The highest BCUT2D eigenvalue weighted by molar-refractivity contribution is 7.89. The molecule has 1 aromatic heterocycles. The summed E-state index contributed by atoms with van der Waals surface area (Å²) in [4.78, 5) is 23.0. The number of aromatic nitrogens is 2. The molecule has 1 aliphatic rings. The Balaban J connectivity index is 1.60. The third kappa shape index (κ3) is 4.94. The number of rotatable bonds is 6. The van der Waals surface area contributed by atoms with Crippen LogP contribution in [-0.2, 0) is 16.4 Å². The van der Waals surface area contributed by atoms with Gasteiger partial charge in [0.25, 0.3) is 5.91 Å². The lowest BCUT2D eigenvalue weighted by molar-refractivity contribution is 0.0949. The number of hydrogen-bond donors (Lipinski definition) is 2. The number of primary sulfonamides is 1. The molecule has 8 nitrogen and oxygen atoms in total. The topological polar surface area (TPSA) is 118 Å². The van der Waals surface area contributed by atoms with Crippen molar-refractivity contribution < 1.29 is 13.2 Å². The Labute approximate surface area is 162 Å². The molecule has 0 saturated carbocycles. The highest BCUT2D eigenvalue weighted by Gasteiger charge is 2.19. The molecule has 3 N–H and O–H groups in total. The second-order valence-electron chi connectivity index (χ2n) is 6.26. The summed E-state index contributed by atoms with van der Waals surface area (Å²) >= 11 is 6.08. The summed E-state index contributed by atoms with van der Waals surface area (Å²) in [5, 5.41) is 8.05. The maximum absolute atomic E-state index is 12.4. The molecule has 1 aliphatic heterocycles. The van der Waals surface area contributed by atoms with E-state index < -0.39 is 10.0 Å². The molecular formula is C17H20ClN5O3S. The summed E-state index contributed by atoms with van der Waals surface area (Å²) in [6, 6.07) is 6.20. The van der Waals surface area contributed by atoms with Gasteiger partial charge >= 0.3 is 0 Å². The maximum atomic E-state index is 12.4. The highest BCUT2D eigenvalue weighted by Crippen LogP contribution is 2.19. The second-order valence-corrected chi connectivity index (χ2v) is 8.22. The number of nitrogens with one attached hydrogen (secondary N) is 1. The lowest BCUT2D eigenvalue weighted by Gasteiger charge is -2.16. The van der Waals surface area contributed by atoms with E-state index in [1.165, 1.54) is 18.3 Å². The Kier molecular flexibility index (Phi) is 5.93. The summed E-state index contributed by atoms with van der Waals surface area (Å²) in [5.74, 6) is 0.143. The van der Waals surface area contributed by atoms with Gasteiger partial charge in [-0.1, -0.05) is 23.7 Å². The number of anilines is 1. The third-order valence-electron chi connectivity index (χ3n) is 4.29. The van der Waals surface area contributed by atoms with Gasteiger partial charge in [0.05, 0.1) is 16.1 Å². The van der Waals surface area contributed by atoms with Crippen molar-refractivity contribution in [3.8, 4) is 0 Å². The van der Waals surface area contributed by atoms with Crippen LogP contribution in [0.15, 0.2) is 35.4 Å². The zero-order chi connectivity index (χ0) is 19.4. The first-order chi connectivity index (χ1) is 12.8. The molecule has 0 spiro atoms. The molecule has 2 aromatic rings. The summed E-state index contributed by atoms with van der Waals surface area (Å²) in [6.07, 6.45) is 4.14. The minimum Gasteiger partial charge on any atom is -0.350 e. The molecule has 1 fully saturated rings. The fraction of sp³-hybridized carbons (Fsp3) is 0.353. The molecule has 3 rings (SSSR count). The van der Waals surface area contributed by atoms with E-state index in [1.807, 2.05) is 4.90 Å². The van der Waals surface area contributed by atoms with Crippen molar-refractivity contribution in [3.05, 3.63) is 46.7 Å². The molecular weight excluding hydrogens is 390 g/mol. The Hall–Kier alpha value is -2.23. The van der Waals surface area contributed by atoms with Gasteiger partial charge in [-0.25, -0.2) is 23.5 Å². The van der Waals surface area contributed by atoms with Crippen LogP contribution in [0.5, 0.6) is 0 Å². The van der Waals surface area contributed by atoms with Gasteiger partial charge in [-0.2, -0.15) is 0 Å². The quantitative estimate of drug-likeness (QED) is 0.743. The molecule has 1 saturated heterocycles. The van der Waals surface area contributed by atoms with E-state index in [4.69, 9.17) is 16.7 Å². The van der Waals surface area contributed by atoms with Crippen LogP contribution in [0, 0.1) is 0 Å². The molecule has 0 bridgehead atoms. The van der Waals surface area contributed by atoms with E-state index in [2.05, 4.69) is 15.3 Å². The van der Waals surface area contributed by atoms with Crippen molar-refractivity contribution in [2.24, 2.45) is 5.14 Å². The van der Waals surface area contributed by atoms with Crippen LogP contribution in [0.2, 0.25) is 5.02 Å². The number of carbonyl (C=O) groups is 1.